The smallest absolute Gasteiger partial charge is 0.308 e. The van der Waals surface area contributed by atoms with Gasteiger partial charge in [0.05, 0.1) is 23.6 Å². The van der Waals surface area contributed by atoms with E-state index in [4.69, 9.17) is 0 Å². The summed E-state index contributed by atoms with van der Waals surface area (Å²) in [5, 5.41) is 9.22. The molecule has 1 fully saturated rings. The Labute approximate surface area is 166 Å². The molecule has 0 radical (unpaired) electrons. The molecule has 3 amide bonds. The Morgan fingerprint density at radius 3 is 2.52 bits per heavy atom. The van der Waals surface area contributed by atoms with Crippen LogP contribution >= 0.6 is 0 Å². The Morgan fingerprint density at radius 1 is 1.07 bits per heavy atom. The molecule has 4 rings (SSSR count). The zero-order valence-corrected chi connectivity index (χ0v) is 15.6. The first kappa shape index (κ1) is 18.8. The number of pyridine rings is 1. The molecule has 8 nitrogen and oxygen atoms in total. The molecule has 29 heavy (non-hydrogen) atoms. The van der Waals surface area contributed by atoms with Gasteiger partial charge in [0.1, 0.15) is 0 Å². The second kappa shape index (κ2) is 7.46. The van der Waals surface area contributed by atoms with Crippen LogP contribution in [0.1, 0.15) is 49.5 Å². The maximum absolute atomic E-state index is 12.8. The van der Waals surface area contributed by atoms with Crippen LogP contribution in [0, 0.1) is 5.92 Å². The lowest BCUT2D eigenvalue weighted by molar-refractivity contribution is -0.143. The van der Waals surface area contributed by atoms with Crippen molar-refractivity contribution >= 4 is 23.7 Å². The van der Waals surface area contributed by atoms with E-state index >= 15 is 0 Å². The van der Waals surface area contributed by atoms with Crippen LogP contribution in [-0.2, 0) is 11.3 Å². The van der Waals surface area contributed by atoms with Gasteiger partial charge in [-0.05, 0) is 48.7 Å². The zero-order valence-electron chi connectivity index (χ0n) is 15.6. The summed E-state index contributed by atoms with van der Waals surface area (Å²) in [6.07, 6.45) is 4.34. The van der Waals surface area contributed by atoms with Crippen LogP contribution in [0.3, 0.4) is 0 Å². The van der Waals surface area contributed by atoms with E-state index < -0.39 is 23.7 Å². The SMILES string of the molecule is O=C(O)C1CCCN(C(=O)c2ccc3c(c2)C(=O)N(Cc2ccncc2)C3=O)C1. The molecule has 3 heterocycles. The lowest BCUT2D eigenvalue weighted by Crippen LogP contribution is -2.42. The summed E-state index contributed by atoms with van der Waals surface area (Å²) in [6, 6.07) is 7.91. The number of likely N-dealkylation sites (tertiary alicyclic amines) is 1. The van der Waals surface area contributed by atoms with Gasteiger partial charge in [0.2, 0.25) is 0 Å². The van der Waals surface area contributed by atoms with Crippen molar-refractivity contribution in [2.75, 3.05) is 13.1 Å². The van der Waals surface area contributed by atoms with Gasteiger partial charge in [-0.25, -0.2) is 0 Å². The number of nitrogens with zero attached hydrogens (tertiary/aromatic N) is 3. The van der Waals surface area contributed by atoms with Gasteiger partial charge in [-0.3, -0.25) is 29.1 Å². The van der Waals surface area contributed by atoms with Gasteiger partial charge >= 0.3 is 5.97 Å². The third-order valence-electron chi connectivity index (χ3n) is 5.37. The number of fused-ring (bicyclic) bond motifs is 1. The highest BCUT2D eigenvalue weighted by atomic mass is 16.4. The van der Waals surface area contributed by atoms with E-state index in [0.717, 1.165) is 10.5 Å². The van der Waals surface area contributed by atoms with Crippen LogP contribution in [0.25, 0.3) is 0 Å². The van der Waals surface area contributed by atoms with Crippen molar-refractivity contribution in [2.45, 2.75) is 19.4 Å². The second-order valence-corrected chi connectivity index (χ2v) is 7.24. The minimum atomic E-state index is -0.913. The van der Waals surface area contributed by atoms with Gasteiger partial charge in [-0.1, -0.05) is 0 Å². The van der Waals surface area contributed by atoms with Crippen molar-refractivity contribution in [3.8, 4) is 0 Å². The van der Waals surface area contributed by atoms with Crippen LogP contribution in [-0.4, -0.2) is 56.7 Å². The van der Waals surface area contributed by atoms with Crippen molar-refractivity contribution in [3.05, 3.63) is 65.0 Å². The largest absolute Gasteiger partial charge is 0.481 e. The minimum Gasteiger partial charge on any atom is -0.481 e. The van der Waals surface area contributed by atoms with Gasteiger partial charge < -0.3 is 10.0 Å². The topological polar surface area (TPSA) is 108 Å². The summed E-state index contributed by atoms with van der Waals surface area (Å²) in [5.41, 5.74) is 1.52. The van der Waals surface area contributed by atoms with E-state index in [1.807, 2.05) is 0 Å². The lowest BCUT2D eigenvalue weighted by atomic mass is 9.97. The average Bonchev–Trinajstić information content (AvgIpc) is 2.98. The van der Waals surface area contributed by atoms with E-state index in [2.05, 4.69) is 4.98 Å². The number of aliphatic carboxylic acids is 1. The number of imide groups is 1. The Bertz CT molecular complexity index is 1000. The van der Waals surface area contributed by atoms with E-state index in [1.54, 1.807) is 24.5 Å². The lowest BCUT2D eigenvalue weighted by Gasteiger charge is -2.30. The summed E-state index contributed by atoms with van der Waals surface area (Å²) in [4.78, 5) is 56.1. The molecule has 8 heteroatoms. The van der Waals surface area contributed by atoms with Crippen LogP contribution in [0.2, 0.25) is 0 Å². The van der Waals surface area contributed by atoms with Crippen LogP contribution in [0.5, 0.6) is 0 Å². The predicted octanol–water partition coefficient (Wildman–Crippen LogP) is 1.81. The number of hydrogen-bond donors (Lipinski definition) is 1. The molecule has 2 aliphatic rings. The summed E-state index contributed by atoms with van der Waals surface area (Å²) in [6.45, 7) is 0.748. The molecule has 1 atom stereocenters. The van der Waals surface area contributed by atoms with Crippen LogP contribution < -0.4 is 0 Å². The summed E-state index contributed by atoms with van der Waals surface area (Å²) in [7, 11) is 0. The van der Waals surface area contributed by atoms with Gasteiger partial charge in [0.25, 0.3) is 17.7 Å². The number of carbonyl (C=O) groups is 4. The molecule has 1 unspecified atom stereocenters. The molecule has 1 aromatic carbocycles. The number of carboxylic acids is 1. The van der Waals surface area contributed by atoms with Crippen molar-refractivity contribution in [2.24, 2.45) is 5.92 Å². The molecule has 0 saturated carbocycles. The third-order valence-corrected chi connectivity index (χ3v) is 5.37. The fraction of sp³-hybridized carbons (Fsp3) is 0.286. The highest BCUT2D eigenvalue weighted by Gasteiger charge is 2.36. The number of benzene rings is 1. The van der Waals surface area contributed by atoms with Gasteiger partial charge in [-0.2, -0.15) is 0 Å². The highest BCUT2D eigenvalue weighted by Crippen LogP contribution is 2.27. The molecule has 0 bridgehead atoms. The molecule has 1 aromatic heterocycles. The monoisotopic (exact) mass is 393 g/mol. The molecule has 1 N–H and O–H groups in total. The Hall–Kier alpha value is -3.55. The van der Waals surface area contributed by atoms with E-state index in [-0.39, 0.29) is 35.7 Å². The van der Waals surface area contributed by atoms with Crippen molar-refractivity contribution in [1.82, 2.24) is 14.8 Å². The molecular weight excluding hydrogens is 374 g/mol. The van der Waals surface area contributed by atoms with Gasteiger partial charge in [0.15, 0.2) is 0 Å². The standard InChI is InChI=1S/C21H19N3O5/c25-18(23-9-1-2-15(12-23)21(28)29)14-3-4-16-17(10-14)20(27)24(19(16)26)11-13-5-7-22-8-6-13/h3-8,10,15H,1-2,9,11-12H2,(H,28,29). The molecule has 0 aliphatic carbocycles. The summed E-state index contributed by atoms with van der Waals surface area (Å²) < 4.78 is 0. The average molecular weight is 393 g/mol. The number of piperidine rings is 1. The number of carboxylic acid groups (broad SMARTS) is 1. The van der Waals surface area contributed by atoms with E-state index in [0.29, 0.717) is 19.4 Å². The minimum absolute atomic E-state index is 0.130. The first-order valence-corrected chi connectivity index (χ1v) is 9.37. The fourth-order valence-electron chi connectivity index (χ4n) is 3.78. The molecular formula is C21H19N3O5. The Kier molecular flexibility index (Phi) is 4.84. The summed E-state index contributed by atoms with van der Waals surface area (Å²) >= 11 is 0. The Morgan fingerprint density at radius 2 is 1.79 bits per heavy atom. The van der Waals surface area contributed by atoms with E-state index in [9.17, 15) is 24.3 Å². The molecule has 0 spiro atoms. The van der Waals surface area contributed by atoms with Gasteiger partial charge in [-0.15, -0.1) is 0 Å². The number of rotatable bonds is 4. The maximum Gasteiger partial charge on any atom is 0.308 e. The van der Waals surface area contributed by atoms with Crippen LogP contribution in [0.4, 0.5) is 0 Å². The van der Waals surface area contributed by atoms with Crippen LogP contribution in [0.15, 0.2) is 42.7 Å². The number of aromatic nitrogens is 1. The van der Waals surface area contributed by atoms with E-state index in [1.165, 1.54) is 23.1 Å². The van der Waals surface area contributed by atoms with Crippen molar-refractivity contribution in [3.63, 3.8) is 0 Å². The predicted molar refractivity (Wildman–Crippen MR) is 101 cm³/mol. The van der Waals surface area contributed by atoms with Gasteiger partial charge in [0, 0.05) is 31.0 Å². The highest BCUT2D eigenvalue weighted by molar-refractivity contribution is 6.22. The number of carbonyl (C=O) groups excluding carboxylic acids is 3. The van der Waals surface area contributed by atoms with Crippen molar-refractivity contribution in [1.29, 1.82) is 0 Å². The quantitative estimate of drug-likeness (QED) is 0.794. The normalized spacial score (nSPS) is 18.7. The fourth-order valence-corrected chi connectivity index (χ4v) is 3.78. The Balaban J connectivity index is 1.56. The molecule has 1 saturated heterocycles. The second-order valence-electron chi connectivity index (χ2n) is 7.24. The first-order valence-electron chi connectivity index (χ1n) is 9.37. The number of amides is 3. The summed E-state index contributed by atoms with van der Waals surface area (Å²) in [5.74, 6) is -2.67. The zero-order chi connectivity index (χ0) is 20.5. The first-order chi connectivity index (χ1) is 14.0. The molecule has 2 aromatic rings. The maximum atomic E-state index is 12.8. The molecule has 148 valence electrons. The van der Waals surface area contributed by atoms with Crippen molar-refractivity contribution < 1.29 is 24.3 Å². The number of hydrogen-bond acceptors (Lipinski definition) is 5. The molecule has 2 aliphatic heterocycles. The third kappa shape index (κ3) is 3.49.